The fraction of sp³-hybridized carbons (Fsp3) is 0.400. The van der Waals surface area contributed by atoms with Crippen LogP contribution in [0.15, 0.2) is 24.3 Å². The largest absolute Gasteiger partial charge is 0.241 e. The van der Waals surface area contributed by atoms with Crippen LogP contribution >= 0.6 is 11.6 Å². The van der Waals surface area contributed by atoms with Crippen molar-refractivity contribution in [2.24, 2.45) is 0 Å². The van der Waals surface area contributed by atoms with Crippen LogP contribution in [0.4, 0.5) is 4.39 Å². The molecule has 2 atom stereocenters. The van der Waals surface area contributed by atoms with Crippen molar-refractivity contribution in [2.45, 2.75) is 24.4 Å². The third kappa shape index (κ3) is 1.22. The topological polar surface area (TPSA) is 0 Å². The third-order valence-corrected chi connectivity index (χ3v) is 2.80. The lowest BCUT2D eigenvalue weighted by atomic mass is 9.90. The molecular formula is C10H10ClF. The molecule has 0 nitrogen and oxygen atoms in total. The molecule has 0 aromatic heterocycles. The summed E-state index contributed by atoms with van der Waals surface area (Å²) in [6, 6.07) is 7.61. The molecule has 0 N–H and O–H groups in total. The summed E-state index contributed by atoms with van der Waals surface area (Å²) in [4.78, 5) is 0. The lowest BCUT2D eigenvalue weighted by Crippen LogP contribution is -2.17. The average Bonchev–Trinajstić information content (AvgIpc) is 2.12. The van der Waals surface area contributed by atoms with Gasteiger partial charge in [0.15, 0.2) is 0 Å². The van der Waals surface area contributed by atoms with Crippen LogP contribution in [0.2, 0.25) is 0 Å². The number of hydrogen-bond donors (Lipinski definition) is 0. The van der Waals surface area contributed by atoms with Crippen molar-refractivity contribution in [2.75, 3.05) is 0 Å². The van der Waals surface area contributed by atoms with E-state index in [2.05, 4.69) is 0 Å². The molecule has 0 saturated heterocycles. The highest BCUT2D eigenvalue weighted by molar-refractivity contribution is 6.21. The first-order chi connectivity index (χ1) is 5.79. The Morgan fingerprint density at radius 1 is 1.33 bits per heavy atom. The number of rotatable bonds is 0. The van der Waals surface area contributed by atoms with Crippen molar-refractivity contribution >= 4 is 11.6 Å². The SMILES string of the molecule is F[C@H]1c2ccccc2CC[C@H]1Cl. The van der Waals surface area contributed by atoms with Crippen LogP contribution < -0.4 is 0 Å². The molecule has 2 heteroatoms. The molecule has 1 aromatic carbocycles. The van der Waals surface area contributed by atoms with Crippen molar-refractivity contribution < 1.29 is 4.39 Å². The molecule has 0 unspecified atom stereocenters. The number of hydrogen-bond acceptors (Lipinski definition) is 0. The normalized spacial score (nSPS) is 28.2. The van der Waals surface area contributed by atoms with E-state index in [9.17, 15) is 4.39 Å². The van der Waals surface area contributed by atoms with Crippen LogP contribution in [0, 0.1) is 0 Å². The molecule has 0 heterocycles. The summed E-state index contributed by atoms with van der Waals surface area (Å²) in [5, 5.41) is -0.333. The van der Waals surface area contributed by atoms with E-state index in [-0.39, 0.29) is 5.38 Å². The molecule has 0 amide bonds. The molecule has 64 valence electrons. The number of aryl methyl sites for hydroxylation is 1. The lowest BCUT2D eigenvalue weighted by molar-refractivity contribution is 0.308. The Morgan fingerprint density at radius 3 is 2.92 bits per heavy atom. The molecule has 1 aromatic rings. The van der Waals surface area contributed by atoms with Crippen LogP contribution in [0.1, 0.15) is 23.7 Å². The van der Waals surface area contributed by atoms with E-state index < -0.39 is 6.17 Å². The minimum Gasteiger partial charge on any atom is -0.241 e. The van der Waals surface area contributed by atoms with Crippen LogP contribution in [-0.2, 0) is 6.42 Å². The predicted octanol–water partition coefficient (Wildman–Crippen LogP) is 3.25. The van der Waals surface area contributed by atoms with Gasteiger partial charge in [-0.25, -0.2) is 4.39 Å². The first kappa shape index (κ1) is 8.06. The molecule has 0 aliphatic heterocycles. The Morgan fingerprint density at radius 2 is 2.08 bits per heavy atom. The van der Waals surface area contributed by atoms with Gasteiger partial charge in [0.25, 0.3) is 0 Å². The minimum atomic E-state index is -0.975. The van der Waals surface area contributed by atoms with Gasteiger partial charge in [0.1, 0.15) is 6.17 Å². The standard InChI is InChI=1S/C10H10ClF/c11-9-6-5-7-3-1-2-4-8(7)10(9)12/h1-4,9-10H,5-6H2/t9-,10+/m1/s1. The number of halogens is 2. The van der Waals surface area contributed by atoms with Crippen LogP contribution in [0.5, 0.6) is 0 Å². The summed E-state index contributed by atoms with van der Waals surface area (Å²) >= 11 is 5.82. The van der Waals surface area contributed by atoms with Gasteiger partial charge in [-0.3, -0.25) is 0 Å². The number of benzene rings is 1. The Labute approximate surface area is 76.4 Å². The van der Waals surface area contributed by atoms with Gasteiger partial charge in [0.05, 0.1) is 5.38 Å². The maximum Gasteiger partial charge on any atom is 0.142 e. The Balaban J connectivity index is 2.42. The van der Waals surface area contributed by atoms with E-state index in [0.717, 1.165) is 24.0 Å². The van der Waals surface area contributed by atoms with E-state index in [0.29, 0.717) is 0 Å². The minimum absolute atomic E-state index is 0.333. The van der Waals surface area contributed by atoms with E-state index in [1.54, 1.807) is 0 Å². The maximum absolute atomic E-state index is 13.4. The second-order valence-corrected chi connectivity index (χ2v) is 3.72. The quantitative estimate of drug-likeness (QED) is 0.543. The van der Waals surface area contributed by atoms with E-state index >= 15 is 0 Å². The summed E-state index contributed by atoms with van der Waals surface area (Å²) < 4.78 is 13.4. The van der Waals surface area contributed by atoms with Crippen LogP contribution in [0.25, 0.3) is 0 Å². The molecule has 0 bridgehead atoms. The van der Waals surface area contributed by atoms with Gasteiger partial charge in [-0.1, -0.05) is 24.3 Å². The second kappa shape index (κ2) is 3.06. The average molecular weight is 185 g/mol. The molecule has 2 rings (SSSR count). The summed E-state index contributed by atoms with van der Waals surface area (Å²) in [6.45, 7) is 0. The van der Waals surface area contributed by atoms with Crippen molar-refractivity contribution in [1.29, 1.82) is 0 Å². The molecule has 0 spiro atoms. The molecule has 1 aliphatic carbocycles. The summed E-state index contributed by atoms with van der Waals surface area (Å²) in [6.07, 6.45) is 0.682. The summed E-state index contributed by atoms with van der Waals surface area (Å²) in [5.41, 5.74) is 1.89. The van der Waals surface area contributed by atoms with Gasteiger partial charge < -0.3 is 0 Å². The number of fused-ring (bicyclic) bond motifs is 1. The van der Waals surface area contributed by atoms with Crippen LogP contribution in [-0.4, -0.2) is 5.38 Å². The molecular weight excluding hydrogens is 175 g/mol. The smallest absolute Gasteiger partial charge is 0.142 e. The molecule has 1 aliphatic rings. The molecule has 0 saturated carbocycles. The van der Waals surface area contributed by atoms with Crippen molar-refractivity contribution in [1.82, 2.24) is 0 Å². The monoisotopic (exact) mass is 184 g/mol. The highest BCUT2D eigenvalue weighted by atomic mass is 35.5. The summed E-state index contributed by atoms with van der Waals surface area (Å²) in [5.74, 6) is 0. The zero-order valence-corrected chi connectivity index (χ0v) is 7.39. The highest BCUT2D eigenvalue weighted by Gasteiger charge is 2.26. The highest BCUT2D eigenvalue weighted by Crippen LogP contribution is 2.35. The fourth-order valence-electron chi connectivity index (χ4n) is 1.67. The van der Waals surface area contributed by atoms with Gasteiger partial charge in [-0.15, -0.1) is 11.6 Å². The van der Waals surface area contributed by atoms with Gasteiger partial charge in [-0.05, 0) is 24.0 Å². The van der Waals surface area contributed by atoms with Crippen molar-refractivity contribution in [3.8, 4) is 0 Å². The van der Waals surface area contributed by atoms with Crippen molar-refractivity contribution in [3.05, 3.63) is 35.4 Å². The van der Waals surface area contributed by atoms with Gasteiger partial charge in [0.2, 0.25) is 0 Å². The van der Waals surface area contributed by atoms with Crippen LogP contribution in [0.3, 0.4) is 0 Å². The summed E-state index contributed by atoms with van der Waals surface area (Å²) in [7, 11) is 0. The first-order valence-electron chi connectivity index (χ1n) is 4.15. The zero-order chi connectivity index (χ0) is 8.55. The molecule has 0 radical (unpaired) electrons. The Hall–Kier alpha value is -0.560. The molecule has 0 fully saturated rings. The second-order valence-electron chi connectivity index (χ2n) is 3.16. The fourth-order valence-corrected chi connectivity index (χ4v) is 1.91. The Kier molecular flexibility index (Phi) is 2.05. The van der Waals surface area contributed by atoms with Gasteiger partial charge >= 0.3 is 0 Å². The first-order valence-corrected chi connectivity index (χ1v) is 4.58. The number of alkyl halides is 2. The zero-order valence-electron chi connectivity index (χ0n) is 6.63. The van der Waals surface area contributed by atoms with E-state index in [1.807, 2.05) is 24.3 Å². The van der Waals surface area contributed by atoms with Gasteiger partial charge in [-0.2, -0.15) is 0 Å². The van der Waals surface area contributed by atoms with E-state index in [1.165, 1.54) is 0 Å². The molecule has 12 heavy (non-hydrogen) atoms. The van der Waals surface area contributed by atoms with Crippen molar-refractivity contribution in [3.63, 3.8) is 0 Å². The maximum atomic E-state index is 13.4. The predicted molar refractivity (Wildman–Crippen MR) is 48.3 cm³/mol. The lowest BCUT2D eigenvalue weighted by Gasteiger charge is -2.23. The van der Waals surface area contributed by atoms with Gasteiger partial charge in [0, 0.05) is 0 Å². The van der Waals surface area contributed by atoms with E-state index in [4.69, 9.17) is 11.6 Å². The Bertz CT molecular complexity index is 285. The third-order valence-electron chi connectivity index (χ3n) is 2.36.